The highest BCUT2D eigenvalue weighted by Gasteiger charge is 2.33. The minimum Gasteiger partial charge on any atom is -0.344 e. The maximum atomic E-state index is 12.4. The lowest BCUT2D eigenvalue weighted by Crippen LogP contribution is -2.32. The van der Waals surface area contributed by atoms with Gasteiger partial charge in [0.1, 0.15) is 5.69 Å². The summed E-state index contributed by atoms with van der Waals surface area (Å²) in [5.41, 5.74) is 2.35. The van der Waals surface area contributed by atoms with Crippen LogP contribution in [0.15, 0.2) is 41.2 Å². The molecule has 0 spiro atoms. The number of carbonyl (C=O) groups is 1. The summed E-state index contributed by atoms with van der Waals surface area (Å²) in [6.45, 7) is 2.04. The fourth-order valence-corrected chi connectivity index (χ4v) is 2.52. The standard InChI is InChI=1S/C17H19N3O2/c1-11-3-5-12(6-4-11)16(13-7-8-13)18-17(22)14-9-10-15(21)20(2)19-14/h3-6,9-10,13,16H,7-8H2,1-2H3,(H,18,22). The first-order valence-corrected chi connectivity index (χ1v) is 7.46. The lowest BCUT2D eigenvalue weighted by Gasteiger charge is -2.19. The van der Waals surface area contributed by atoms with Gasteiger partial charge in [-0.1, -0.05) is 29.8 Å². The van der Waals surface area contributed by atoms with E-state index < -0.39 is 0 Å². The van der Waals surface area contributed by atoms with Gasteiger partial charge in [-0.3, -0.25) is 9.59 Å². The predicted octanol–water partition coefficient (Wildman–Crippen LogP) is 1.97. The first-order valence-electron chi connectivity index (χ1n) is 7.46. The average Bonchev–Trinajstić information content (AvgIpc) is 3.33. The molecule has 1 amide bonds. The van der Waals surface area contributed by atoms with E-state index in [0.29, 0.717) is 5.92 Å². The molecule has 1 heterocycles. The normalized spacial score (nSPS) is 15.4. The van der Waals surface area contributed by atoms with Crippen molar-refractivity contribution >= 4 is 5.91 Å². The summed E-state index contributed by atoms with van der Waals surface area (Å²) >= 11 is 0. The van der Waals surface area contributed by atoms with Crippen molar-refractivity contribution in [2.75, 3.05) is 0 Å². The Hall–Kier alpha value is -2.43. The van der Waals surface area contributed by atoms with Crippen LogP contribution in [0.5, 0.6) is 0 Å². The molecule has 0 radical (unpaired) electrons. The van der Waals surface area contributed by atoms with Crippen molar-refractivity contribution in [1.82, 2.24) is 15.1 Å². The van der Waals surface area contributed by atoms with E-state index in [1.165, 1.54) is 29.4 Å². The SMILES string of the molecule is Cc1ccc(C(NC(=O)c2ccc(=O)n(C)n2)C2CC2)cc1. The fourth-order valence-electron chi connectivity index (χ4n) is 2.52. The summed E-state index contributed by atoms with van der Waals surface area (Å²) < 4.78 is 1.17. The Morgan fingerprint density at radius 3 is 2.50 bits per heavy atom. The van der Waals surface area contributed by atoms with Gasteiger partial charge in [0.25, 0.3) is 11.5 Å². The Labute approximate surface area is 129 Å². The van der Waals surface area contributed by atoms with Crippen LogP contribution in [0.3, 0.4) is 0 Å². The molecule has 1 fully saturated rings. The number of hydrogen-bond donors (Lipinski definition) is 1. The Bertz CT molecular complexity index is 745. The molecule has 1 aliphatic rings. The van der Waals surface area contributed by atoms with Crippen molar-refractivity contribution in [3.63, 3.8) is 0 Å². The summed E-state index contributed by atoms with van der Waals surface area (Å²) in [6.07, 6.45) is 2.25. The van der Waals surface area contributed by atoms with Crippen molar-refractivity contribution in [2.24, 2.45) is 13.0 Å². The third kappa shape index (κ3) is 3.08. The highest BCUT2D eigenvalue weighted by molar-refractivity contribution is 5.92. The third-order valence-corrected chi connectivity index (χ3v) is 4.01. The quantitative estimate of drug-likeness (QED) is 0.938. The number of hydrogen-bond acceptors (Lipinski definition) is 3. The van der Waals surface area contributed by atoms with Crippen LogP contribution in [0.1, 0.15) is 40.5 Å². The average molecular weight is 297 g/mol. The number of benzene rings is 1. The van der Waals surface area contributed by atoms with Crippen molar-refractivity contribution in [3.8, 4) is 0 Å². The van der Waals surface area contributed by atoms with Crippen LogP contribution in [-0.2, 0) is 7.05 Å². The highest BCUT2D eigenvalue weighted by atomic mass is 16.2. The minimum absolute atomic E-state index is 0.00661. The highest BCUT2D eigenvalue weighted by Crippen LogP contribution is 2.41. The summed E-state index contributed by atoms with van der Waals surface area (Å²) in [4.78, 5) is 23.8. The molecule has 1 atom stereocenters. The van der Waals surface area contributed by atoms with Crippen molar-refractivity contribution in [1.29, 1.82) is 0 Å². The summed E-state index contributed by atoms with van der Waals surface area (Å²) in [7, 11) is 1.54. The molecular formula is C17H19N3O2. The third-order valence-electron chi connectivity index (χ3n) is 4.01. The van der Waals surface area contributed by atoms with E-state index in [9.17, 15) is 9.59 Å². The van der Waals surface area contributed by atoms with E-state index in [4.69, 9.17) is 0 Å². The number of aryl methyl sites for hydroxylation is 2. The number of nitrogens with one attached hydrogen (secondary N) is 1. The van der Waals surface area contributed by atoms with Crippen LogP contribution in [0, 0.1) is 12.8 Å². The van der Waals surface area contributed by atoms with Crippen molar-refractivity contribution in [3.05, 3.63) is 63.6 Å². The number of carbonyl (C=O) groups excluding carboxylic acids is 1. The van der Waals surface area contributed by atoms with Gasteiger partial charge in [0.15, 0.2) is 0 Å². The maximum Gasteiger partial charge on any atom is 0.272 e. The Morgan fingerprint density at radius 2 is 1.91 bits per heavy atom. The second kappa shape index (κ2) is 5.75. The van der Waals surface area contributed by atoms with Crippen LogP contribution >= 0.6 is 0 Å². The van der Waals surface area contributed by atoms with E-state index in [1.54, 1.807) is 0 Å². The van der Waals surface area contributed by atoms with Gasteiger partial charge in [-0.2, -0.15) is 5.10 Å². The van der Waals surface area contributed by atoms with Crippen LogP contribution in [0.2, 0.25) is 0 Å². The lowest BCUT2D eigenvalue weighted by atomic mass is 10.0. The Kier molecular flexibility index (Phi) is 3.79. The van der Waals surface area contributed by atoms with Gasteiger partial charge >= 0.3 is 0 Å². The molecule has 1 aliphatic carbocycles. The Balaban J connectivity index is 1.81. The minimum atomic E-state index is -0.243. The zero-order valence-corrected chi connectivity index (χ0v) is 12.7. The molecule has 1 saturated carbocycles. The number of aromatic nitrogens is 2. The van der Waals surface area contributed by atoms with Crippen LogP contribution < -0.4 is 10.9 Å². The summed E-state index contributed by atoms with van der Waals surface area (Å²) in [5.74, 6) is 0.243. The molecule has 1 unspecified atom stereocenters. The van der Waals surface area contributed by atoms with Gasteiger partial charge in [-0.25, -0.2) is 4.68 Å². The van der Waals surface area contributed by atoms with Crippen LogP contribution in [-0.4, -0.2) is 15.7 Å². The van der Waals surface area contributed by atoms with Gasteiger partial charge in [0.2, 0.25) is 0 Å². The molecule has 114 valence electrons. The predicted molar refractivity (Wildman–Crippen MR) is 83.6 cm³/mol. The first kappa shape index (κ1) is 14.5. The molecule has 1 N–H and O–H groups in total. The molecule has 22 heavy (non-hydrogen) atoms. The van der Waals surface area contributed by atoms with Gasteiger partial charge < -0.3 is 5.32 Å². The van der Waals surface area contributed by atoms with E-state index in [1.807, 2.05) is 6.92 Å². The lowest BCUT2D eigenvalue weighted by molar-refractivity contribution is 0.0924. The van der Waals surface area contributed by atoms with E-state index >= 15 is 0 Å². The molecule has 0 saturated heterocycles. The summed E-state index contributed by atoms with van der Waals surface area (Å²) in [5, 5.41) is 7.07. The number of rotatable bonds is 4. The fraction of sp³-hybridized carbons (Fsp3) is 0.353. The molecule has 1 aromatic carbocycles. The zero-order chi connectivity index (χ0) is 15.7. The summed E-state index contributed by atoms with van der Waals surface area (Å²) in [6, 6.07) is 11.1. The van der Waals surface area contributed by atoms with E-state index in [-0.39, 0.29) is 23.2 Å². The topological polar surface area (TPSA) is 64.0 Å². The van der Waals surface area contributed by atoms with Crippen LogP contribution in [0.4, 0.5) is 0 Å². The largest absolute Gasteiger partial charge is 0.344 e. The number of nitrogens with zero attached hydrogens (tertiary/aromatic N) is 2. The van der Waals surface area contributed by atoms with Gasteiger partial charge in [-0.05, 0) is 37.3 Å². The van der Waals surface area contributed by atoms with Crippen molar-refractivity contribution < 1.29 is 4.79 Å². The first-order chi connectivity index (χ1) is 10.5. The van der Waals surface area contributed by atoms with Crippen molar-refractivity contribution in [2.45, 2.75) is 25.8 Å². The number of amides is 1. The molecular weight excluding hydrogens is 278 g/mol. The van der Waals surface area contributed by atoms with Gasteiger partial charge in [-0.15, -0.1) is 0 Å². The zero-order valence-electron chi connectivity index (χ0n) is 12.7. The maximum absolute atomic E-state index is 12.4. The van der Waals surface area contributed by atoms with E-state index in [0.717, 1.165) is 18.4 Å². The molecule has 5 heteroatoms. The van der Waals surface area contributed by atoms with Gasteiger partial charge in [0.05, 0.1) is 6.04 Å². The van der Waals surface area contributed by atoms with Crippen LogP contribution in [0.25, 0.3) is 0 Å². The molecule has 0 aliphatic heterocycles. The smallest absolute Gasteiger partial charge is 0.272 e. The van der Waals surface area contributed by atoms with E-state index in [2.05, 4.69) is 34.7 Å². The van der Waals surface area contributed by atoms with Gasteiger partial charge in [0, 0.05) is 13.1 Å². The molecule has 3 rings (SSSR count). The second-order valence-electron chi connectivity index (χ2n) is 5.88. The molecule has 2 aromatic rings. The molecule has 0 bridgehead atoms. The molecule has 5 nitrogen and oxygen atoms in total. The Morgan fingerprint density at radius 1 is 1.23 bits per heavy atom. The second-order valence-corrected chi connectivity index (χ2v) is 5.88. The monoisotopic (exact) mass is 297 g/mol. The molecule has 1 aromatic heterocycles.